The molecule has 0 aliphatic heterocycles. The standard InChI is InChI=1S/C14H11ClFN3O/c1-2-3-8-20-11-6-4-10(5-7-11)18-13-12(16)9-17-14(15)19-13/h4-7,9H,8H2,1H3,(H,17,18,19). The van der Waals surface area contributed by atoms with E-state index in [1.54, 1.807) is 31.2 Å². The van der Waals surface area contributed by atoms with E-state index in [4.69, 9.17) is 16.3 Å². The van der Waals surface area contributed by atoms with Crippen molar-refractivity contribution in [1.29, 1.82) is 0 Å². The Morgan fingerprint density at radius 3 is 2.80 bits per heavy atom. The van der Waals surface area contributed by atoms with Crippen LogP contribution in [0.15, 0.2) is 30.5 Å². The van der Waals surface area contributed by atoms with Crippen molar-refractivity contribution in [3.63, 3.8) is 0 Å². The minimum Gasteiger partial charge on any atom is -0.481 e. The molecule has 0 radical (unpaired) electrons. The predicted molar refractivity (Wildman–Crippen MR) is 75.7 cm³/mol. The van der Waals surface area contributed by atoms with Crippen LogP contribution in [0.2, 0.25) is 5.28 Å². The van der Waals surface area contributed by atoms with Gasteiger partial charge in [0.1, 0.15) is 12.4 Å². The van der Waals surface area contributed by atoms with E-state index in [0.29, 0.717) is 18.0 Å². The van der Waals surface area contributed by atoms with Crippen molar-refractivity contribution in [3.8, 4) is 17.6 Å². The van der Waals surface area contributed by atoms with Crippen LogP contribution in [0.5, 0.6) is 5.75 Å². The van der Waals surface area contributed by atoms with E-state index < -0.39 is 5.82 Å². The first-order valence-electron chi connectivity index (χ1n) is 5.76. The Morgan fingerprint density at radius 2 is 2.10 bits per heavy atom. The third-order valence-corrected chi connectivity index (χ3v) is 2.50. The lowest BCUT2D eigenvalue weighted by Gasteiger charge is -2.07. The molecule has 0 saturated carbocycles. The Hall–Kier alpha value is -2.32. The van der Waals surface area contributed by atoms with Gasteiger partial charge in [0.05, 0.1) is 6.20 Å². The van der Waals surface area contributed by atoms with Crippen molar-refractivity contribution < 1.29 is 9.13 Å². The van der Waals surface area contributed by atoms with Crippen LogP contribution in [-0.2, 0) is 0 Å². The Kier molecular flexibility index (Phi) is 4.75. The molecule has 1 aromatic heterocycles. The molecule has 6 heteroatoms. The van der Waals surface area contributed by atoms with Crippen LogP contribution in [0.1, 0.15) is 6.92 Å². The van der Waals surface area contributed by atoms with Crippen LogP contribution >= 0.6 is 11.6 Å². The van der Waals surface area contributed by atoms with Crippen LogP contribution in [0, 0.1) is 17.7 Å². The summed E-state index contributed by atoms with van der Waals surface area (Å²) in [6.07, 6.45) is 1.01. The molecule has 0 bridgehead atoms. The monoisotopic (exact) mass is 291 g/mol. The number of benzene rings is 1. The molecule has 0 amide bonds. The predicted octanol–water partition coefficient (Wildman–Crippen LogP) is 3.41. The first kappa shape index (κ1) is 14.1. The van der Waals surface area contributed by atoms with Gasteiger partial charge in [0.15, 0.2) is 11.6 Å². The van der Waals surface area contributed by atoms with Gasteiger partial charge in [-0.25, -0.2) is 9.37 Å². The van der Waals surface area contributed by atoms with E-state index >= 15 is 0 Å². The number of hydrogen-bond donors (Lipinski definition) is 1. The van der Waals surface area contributed by atoms with E-state index in [1.807, 2.05) is 0 Å². The van der Waals surface area contributed by atoms with Crippen LogP contribution in [0.25, 0.3) is 0 Å². The number of aromatic nitrogens is 2. The third kappa shape index (κ3) is 3.84. The smallest absolute Gasteiger partial charge is 0.224 e. The minimum atomic E-state index is -0.576. The largest absolute Gasteiger partial charge is 0.481 e. The van der Waals surface area contributed by atoms with Crippen LogP contribution in [-0.4, -0.2) is 16.6 Å². The summed E-state index contributed by atoms with van der Waals surface area (Å²) in [5.41, 5.74) is 0.660. The maximum Gasteiger partial charge on any atom is 0.224 e. The summed E-state index contributed by atoms with van der Waals surface area (Å²) in [6, 6.07) is 6.98. The van der Waals surface area contributed by atoms with Crippen LogP contribution in [0.3, 0.4) is 0 Å². The van der Waals surface area contributed by atoms with E-state index in [2.05, 4.69) is 27.1 Å². The van der Waals surface area contributed by atoms with Crippen molar-refractivity contribution >= 4 is 23.1 Å². The van der Waals surface area contributed by atoms with Gasteiger partial charge >= 0.3 is 0 Å². The highest BCUT2D eigenvalue weighted by molar-refractivity contribution is 6.28. The fourth-order valence-electron chi connectivity index (χ4n) is 1.40. The van der Waals surface area contributed by atoms with Gasteiger partial charge in [-0.3, -0.25) is 0 Å². The molecule has 2 rings (SSSR count). The van der Waals surface area contributed by atoms with Gasteiger partial charge in [0.2, 0.25) is 5.28 Å². The SMILES string of the molecule is CC#CCOc1ccc(Nc2nc(Cl)ncc2F)cc1. The normalized spacial score (nSPS) is 9.55. The number of halogens is 2. The molecular weight excluding hydrogens is 281 g/mol. The van der Waals surface area contributed by atoms with Gasteiger partial charge in [-0.1, -0.05) is 5.92 Å². The number of ether oxygens (including phenoxy) is 1. The summed E-state index contributed by atoms with van der Waals surface area (Å²) in [5.74, 6) is 5.66. The number of nitrogens with one attached hydrogen (secondary N) is 1. The molecule has 102 valence electrons. The summed E-state index contributed by atoms with van der Waals surface area (Å²) in [4.78, 5) is 7.31. The van der Waals surface area contributed by atoms with Gasteiger partial charge in [-0.2, -0.15) is 4.98 Å². The van der Waals surface area contributed by atoms with Gasteiger partial charge < -0.3 is 10.1 Å². The van der Waals surface area contributed by atoms with Gasteiger partial charge in [-0.05, 0) is 42.8 Å². The second-order valence-corrected chi connectivity index (χ2v) is 4.04. The highest BCUT2D eigenvalue weighted by atomic mass is 35.5. The Labute approximate surface area is 121 Å². The molecule has 0 saturated heterocycles. The summed E-state index contributed by atoms with van der Waals surface area (Å²) >= 11 is 5.62. The zero-order valence-electron chi connectivity index (χ0n) is 10.7. The molecule has 1 heterocycles. The van der Waals surface area contributed by atoms with E-state index in [0.717, 1.165) is 6.20 Å². The summed E-state index contributed by atoms with van der Waals surface area (Å²) in [6.45, 7) is 2.08. The third-order valence-electron chi connectivity index (χ3n) is 2.32. The fraction of sp³-hybridized carbons (Fsp3) is 0.143. The Morgan fingerprint density at radius 1 is 1.35 bits per heavy atom. The van der Waals surface area contributed by atoms with Gasteiger partial charge in [-0.15, -0.1) is 5.92 Å². The molecule has 4 nitrogen and oxygen atoms in total. The van der Waals surface area contributed by atoms with E-state index in [9.17, 15) is 4.39 Å². The minimum absolute atomic E-state index is 0.0213. The molecule has 0 spiro atoms. The average Bonchev–Trinajstić information content (AvgIpc) is 2.45. The van der Waals surface area contributed by atoms with Crippen molar-refractivity contribution in [3.05, 3.63) is 41.6 Å². The first-order valence-corrected chi connectivity index (χ1v) is 6.14. The molecule has 2 aromatic rings. The zero-order valence-corrected chi connectivity index (χ0v) is 11.4. The summed E-state index contributed by atoms with van der Waals surface area (Å²) in [7, 11) is 0. The number of hydrogen-bond acceptors (Lipinski definition) is 4. The molecule has 1 N–H and O–H groups in total. The highest BCUT2D eigenvalue weighted by Crippen LogP contribution is 2.21. The molecular formula is C14H11ClFN3O. The quantitative estimate of drug-likeness (QED) is 0.693. The van der Waals surface area contributed by atoms with Crippen LogP contribution < -0.4 is 10.1 Å². The molecule has 0 fully saturated rings. The highest BCUT2D eigenvalue weighted by Gasteiger charge is 2.06. The van der Waals surface area contributed by atoms with Gasteiger partial charge in [0.25, 0.3) is 0 Å². The van der Waals surface area contributed by atoms with Gasteiger partial charge in [0, 0.05) is 5.69 Å². The number of nitrogens with zero attached hydrogens (tertiary/aromatic N) is 2. The average molecular weight is 292 g/mol. The Balaban J connectivity index is 2.06. The first-order chi connectivity index (χ1) is 9.69. The fourth-order valence-corrected chi connectivity index (χ4v) is 1.53. The molecule has 0 aliphatic carbocycles. The van der Waals surface area contributed by atoms with Crippen molar-refractivity contribution in [2.24, 2.45) is 0 Å². The van der Waals surface area contributed by atoms with Crippen molar-refractivity contribution in [1.82, 2.24) is 9.97 Å². The van der Waals surface area contributed by atoms with E-state index in [-0.39, 0.29) is 11.1 Å². The number of rotatable bonds is 4. The molecule has 0 atom stereocenters. The topological polar surface area (TPSA) is 47.0 Å². The summed E-state index contributed by atoms with van der Waals surface area (Å²) in [5, 5.41) is 2.79. The Bertz CT molecular complexity index is 650. The lowest BCUT2D eigenvalue weighted by molar-refractivity contribution is 0.370. The van der Waals surface area contributed by atoms with Crippen molar-refractivity contribution in [2.45, 2.75) is 6.92 Å². The lowest BCUT2D eigenvalue weighted by Crippen LogP contribution is -1.99. The second-order valence-electron chi connectivity index (χ2n) is 3.70. The number of anilines is 2. The molecule has 1 aromatic carbocycles. The zero-order chi connectivity index (χ0) is 14.4. The molecule has 0 unspecified atom stereocenters. The van der Waals surface area contributed by atoms with Crippen LogP contribution in [0.4, 0.5) is 15.9 Å². The molecule has 0 aliphatic rings. The summed E-state index contributed by atoms with van der Waals surface area (Å²) < 4.78 is 18.8. The molecule has 20 heavy (non-hydrogen) atoms. The maximum atomic E-state index is 13.5. The second kappa shape index (κ2) is 6.73. The maximum absolute atomic E-state index is 13.5. The van der Waals surface area contributed by atoms with E-state index in [1.165, 1.54) is 0 Å². The van der Waals surface area contributed by atoms with Crippen molar-refractivity contribution in [2.75, 3.05) is 11.9 Å². The lowest BCUT2D eigenvalue weighted by atomic mass is 10.3.